The molecule has 250 valence electrons. The van der Waals surface area contributed by atoms with E-state index in [0.717, 1.165) is 25.3 Å². The second kappa shape index (κ2) is 40.1. The van der Waals surface area contributed by atoms with E-state index in [1.165, 1.54) is 122 Å². The molecule has 0 aliphatic rings. The molecule has 0 aromatic rings. The average molecular weight is 611 g/mol. The molecule has 0 atom stereocenters. The highest BCUT2D eigenvalue weighted by Gasteiger charge is 1.96. The number of unbranched alkanes of at least 4 members (excludes halogenated alkanes) is 18. The standard InChI is InChI=1S/C22H32O2.C18H34O2/c1-2-3-4-5-6-7-8-9-10-11-12-13-14-15-16-17-18-19-20-21-22(23)24;1-2-3-4-5-6-7-8-9-10-11-12-13-14-15-16-17-18(19)20/h10-21H,2-9H2,1H3,(H,23,24);9-10H,2-8,11-17H2,1H3,(H,19,20)/b11-10+,13-12+,15-14+,17-16+,19-18+,21-20+;10-9-. The van der Waals surface area contributed by atoms with Gasteiger partial charge in [-0.25, -0.2) is 4.79 Å². The van der Waals surface area contributed by atoms with Crippen molar-refractivity contribution in [2.45, 2.75) is 155 Å². The fraction of sp³-hybridized carbons (Fsp3) is 0.600. The van der Waals surface area contributed by atoms with Gasteiger partial charge in [0.15, 0.2) is 0 Å². The van der Waals surface area contributed by atoms with Gasteiger partial charge in [0.2, 0.25) is 0 Å². The number of aliphatic carboxylic acids is 2. The molecule has 0 fully saturated rings. The third kappa shape index (κ3) is 46.1. The number of hydrogen-bond acceptors (Lipinski definition) is 2. The topological polar surface area (TPSA) is 74.6 Å². The van der Waals surface area contributed by atoms with E-state index < -0.39 is 11.9 Å². The van der Waals surface area contributed by atoms with Gasteiger partial charge in [0, 0.05) is 12.5 Å². The maximum Gasteiger partial charge on any atom is 0.328 e. The van der Waals surface area contributed by atoms with E-state index in [4.69, 9.17) is 10.2 Å². The van der Waals surface area contributed by atoms with Gasteiger partial charge >= 0.3 is 11.9 Å². The van der Waals surface area contributed by atoms with E-state index in [1.54, 1.807) is 12.2 Å². The van der Waals surface area contributed by atoms with Crippen molar-refractivity contribution in [2.75, 3.05) is 0 Å². The Labute approximate surface area is 271 Å². The molecule has 0 saturated heterocycles. The Hall–Kier alpha value is -2.88. The van der Waals surface area contributed by atoms with Crippen LogP contribution in [-0.2, 0) is 9.59 Å². The minimum Gasteiger partial charge on any atom is -0.481 e. The summed E-state index contributed by atoms with van der Waals surface area (Å²) in [5.41, 5.74) is 0. The average Bonchev–Trinajstić information content (AvgIpc) is 3.00. The fourth-order valence-electron chi connectivity index (χ4n) is 4.39. The van der Waals surface area contributed by atoms with E-state index in [0.29, 0.717) is 6.42 Å². The first-order valence-corrected chi connectivity index (χ1v) is 17.6. The van der Waals surface area contributed by atoms with Crippen LogP contribution in [0.2, 0.25) is 0 Å². The summed E-state index contributed by atoms with van der Waals surface area (Å²) >= 11 is 0. The normalized spacial score (nSPS) is 12.2. The minimum absolute atomic E-state index is 0.332. The van der Waals surface area contributed by atoms with E-state index in [2.05, 4.69) is 38.2 Å². The van der Waals surface area contributed by atoms with Crippen molar-refractivity contribution in [3.05, 3.63) is 85.1 Å². The highest BCUT2D eigenvalue weighted by atomic mass is 16.4. The van der Waals surface area contributed by atoms with E-state index in [9.17, 15) is 9.59 Å². The van der Waals surface area contributed by atoms with Gasteiger partial charge in [-0.05, 0) is 44.9 Å². The monoisotopic (exact) mass is 610 g/mol. The Balaban J connectivity index is 0. The van der Waals surface area contributed by atoms with Crippen LogP contribution in [0, 0.1) is 0 Å². The molecule has 4 nitrogen and oxygen atoms in total. The van der Waals surface area contributed by atoms with Crippen molar-refractivity contribution in [3.8, 4) is 0 Å². The molecule has 0 unspecified atom stereocenters. The first-order chi connectivity index (χ1) is 21.5. The summed E-state index contributed by atoms with van der Waals surface area (Å²) in [6, 6.07) is 0. The summed E-state index contributed by atoms with van der Waals surface area (Å²) in [6.45, 7) is 4.51. The largest absolute Gasteiger partial charge is 0.481 e. The second-order valence-corrected chi connectivity index (χ2v) is 11.3. The van der Waals surface area contributed by atoms with Gasteiger partial charge in [0.25, 0.3) is 0 Å². The quantitative estimate of drug-likeness (QED) is 0.0382. The molecule has 4 heteroatoms. The SMILES string of the molecule is CCCCCCCC/C=C\CCCCCCCC(=O)O.CCCCCCCCC/C=C/C=C/C=C/C=C/C=C/C=C/C(=O)O. The molecule has 0 spiro atoms. The maximum absolute atomic E-state index is 10.3. The molecule has 0 bridgehead atoms. The molecular weight excluding hydrogens is 544 g/mol. The lowest BCUT2D eigenvalue weighted by Crippen LogP contribution is -1.93. The van der Waals surface area contributed by atoms with Crippen LogP contribution in [-0.4, -0.2) is 22.2 Å². The Bertz CT molecular complexity index is 826. The summed E-state index contributed by atoms with van der Waals surface area (Å²) < 4.78 is 0. The molecule has 0 heterocycles. The van der Waals surface area contributed by atoms with Crippen LogP contribution >= 0.6 is 0 Å². The summed E-state index contributed by atoms with van der Waals surface area (Å²) in [6.07, 6.45) is 54.0. The third-order valence-electron chi connectivity index (χ3n) is 7.00. The van der Waals surface area contributed by atoms with Crippen molar-refractivity contribution in [1.82, 2.24) is 0 Å². The minimum atomic E-state index is -0.936. The number of carboxylic acid groups (broad SMARTS) is 2. The van der Waals surface area contributed by atoms with E-state index >= 15 is 0 Å². The molecule has 0 aromatic carbocycles. The number of allylic oxidation sites excluding steroid dienone is 13. The third-order valence-corrected chi connectivity index (χ3v) is 7.00. The Morgan fingerprint density at radius 1 is 0.409 bits per heavy atom. The Kier molecular flexibility index (Phi) is 39.4. The van der Waals surface area contributed by atoms with Crippen LogP contribution in [0.1, 0.15) is 155 Å². The number of rotatable bonds is 29. The highest BCUT2D eigenvalue weighted by molar-refractivity contribution is 5.80. The van der Waals surface area contributed by atoms with Gasteiger partial charge < -0.3 is 10.2 Å². The van der Waals surface area contributed by atoms with Crippen LogP contribution in [0.25, 0.3) is 0 Å². The lowest BCUT2D eigenvalue weighted by atomic mass is 10.1. The van der Waals surface area contributed by atoms with E-state index in [1.807, 2.05) is 36.5 Å². The molecule has 0 rings (SSSR count). The zero-order valence-corrected chi connectivity index (χ0v) is 28.4. The molecule has 0 aromatic heterocycles. The maximum atomic E-state index is 10.3. The van der Waals surface area contributed by atoms with E-state index in [-0.39, 0.29) is 0 Å². The predicted octanol–water partition coefficient (Wildman–Crippen LogP) is 12.7. The second-order valence-electron chi connectivity index (χ2n) is 11.3. The molecule has 0 aliphatic carbocycles. The predicted molar refractivity (Wildman–Crippen MR) is 192 cm³/mol. The molecule has 0 radical (unpaired) electrons. The van der Waals surface area contributed by atoms with Gasteiger partial charge in [-0.2, -0.15) is 0 Å². The van der Waals surface area contributed by atoms with Crippen LogP contribution in [0.15, 0.2) is 85.1 Å². The van der Waals surface area contributed by atoms with Gasteiger partial charge in [-0.15, -0.1) is 0 Å². The summed E-state index contributed by atoms with van der Waals surface area (Å²) in [5, 5.41) is 16.9. The van der Waals surface area contributed by atoms with Crippen molar-refractivity contribution in [2.24, 2.45) is 0 Å². The van der Waals surface area contributed by atoms with Crippen molar-refractivity contribution < 1.29 is 19.8 Å². The molecule has 44 heavy (non-hydrogen) atoms. The molecular formula is C40H66O4. The van der Waals surface area contributed by atoms with Gasteiger partial charge in [0.1, 0.15) is 0 Å². The van der Waals surface area contributed by atoms with Gasteiger partial charge in [-0.1, -0.05) is 183 Å². The first kappa shape index (κ1) is 43.2. The summed E-state index contributed by atoms with van der Waals surface area (Å²) in [5.74, 6) is -1.60. The summed E-state index contributed by atoms with van der Waals surface area (Å²) in [4.78, 5) is 20.5. The van der Waals surface area contributed by atoms with Crippen LogP contribution in [0.4, 0.5) is 0 Å². The summed E-state index contributed by atoms with van der Waals surface area (Å²) in [7, 11) is 0. The van der Waals surface area contributed by atoms with Crippen molar-refractivity contribution in [3.63, 3.8) is 0 Å². The smallest absolute Gasteiger partial charge is 0.328 e. The molecule has 0 aliphatic heterocycles. The highest BCUT2D eigenvalue weighted by Crippen LogP contribution is 2.10. The van der Waals surface area contributed by atoms with Crippen LogP contribution in [0.3, 0.4) is 0 Å². The van der Waals surface area contributed by atoms with Gasteiger partial charge in [0.05, 0.1) is 0 Å². The zero-order valence-electron chi connectivity index (χ0n) is 28.4. The van der Waals surface area contributed by atoms with Crippen LogP contribution < -0.4 is 0 Å². The Morgan fingerprint density at radius 3 is 1.16 bits per heavy atom. The Morgan fingerprint density at radius 2 is 0.750 bits per heavy atom. The molecule has 2 N–H and O–H groups in total. The lowest BCUT2D eigenvalue weighted by Gasteiger charge is -1.99. The number of hydrogen-bond donors (Lipinski definition) is 2. The number of carbonyl (C=O) groups is 2. The first-order valence-electron chi connectivity index (χ1n) is 17.6. The van der Waals surface area contributed by atoms with Crippen molar-refractivity contribution >= 4 is 11.9 Å². The van der Waals surface area contributed by atoms with Crippen molar-refractivity contribution in [1.29, 1.82) is 0 Å². The molecule has 0 saturated carbocycles. The zero-order chi connectivity index (χ0) is 32.6. The molecule has 0 amide bonds. The van der Waals surface area contributed by atoms with Crippen LogP contribution in [0.5, 0.6) is 0 Å². The fourth-order valence-corrected chi connectivity index (χ4v) is 4.39. The number of carboxylic acids is 2. The lowest BCUT2D eigenvalue weighted by molar-refractivity contribution is -0.137. The van der Waals surface area contributed by atoms with Gasteiger partial charge in [-0.3, -0.25) is 4.79 Å².